The molecule has 5 heteroatoms. The number of nitrogens with zero attached hydrogens (tertiary/aromatic N) is 1. The van der Waals surface area contributed by atoms with Gasteiger partial charge in [0.15, 0.2) is 0 Å². The first-order chi connectivity index (χ1) is 9.49. The van der Waals surface area contributed by atoms with Gasteiger partial charge in [-0.2, -0.15) is 0 Å². The van der Waals surface area contributed by atoms with Crippen LogP contribution in [0, 0.1) is 0 Å². The van der Waals surface area contributed by atoms with E-state index in [1.807, 2.05) is 43.3 Å². The fourth-order valence-corrected chi connectivity index (χ4v) is 1.95. The van der Waals surface area contributed by atoms with E-state index in [0.717, 1.165) is 5.69 Å². The van der Waals surface area contributed by atoms with Gasteiger partial charge in [0.05, 0.1) is 16.3 Å². The maximum Gasteiger partial charge on any atom is 0.257 e. The number of nitrogen functional groups attached to an aromatic ring is 1. The summed E-state index contributed by atoms with van der Waals surface area (Å²) in [7, 11) is 3.92. The van der Waals surface area contributed by atoms with Crippen LogP contribution in [0.4, 0.5) is 17.1 Å². The Morgan fingerprint density at radius 1 is 1.15 bits per heavy atom. The summed E-state index contributed by atoms with van der Waals surface area (Å²) in [6, 6.07) is 12.5. The first kappa shape index (κ1) is 14.2. The SMILES string of the molecule is CN(C)c1ccc(NC(=O)c2cccc(Cl)c2N)cc1. The van der Waals surface area contributed by atoms with Crippen LogP contribution < -0.4 is 16.0 Å². The van der Waals surface area contributed by atoms with E-state index < -0.39 is 0 Å². The summed E-state index contributed by atoms with van der Waals surface area (Å²) in [6.45, 7) is 0. The lowest BCUT2D eigenvalue weighted by molar-refractivity contribution is 0.102. The number of hydrogen-bond acceptors (Lipinski definition) is 3. The molecule has 0 aromatic heterocycles. The summed E-state index contributed by atoms with van der Waals surface area (Å²) in [4.78, 5) is 14.1. The Hall–Kier alpha value is -2.20. The van der Waals surface area contributed by atoms with Gasteiger partial charge in [0.25, 0.3) is 5.91 Å². The summed E-state index contributed by atoms with van der Waals surface area (Å²) in [5.41, 5.74) is 8.23. The minimum atomic E-state index is -0.275. The minimum absolute atomic E-state index is 0.275. The molecule has 20 heavy (non-hydrogen) atoms. The van der Waals surface area contributed by atoms with Crippen molar-refractivity contribution in [3.05, 3.63) is 53.1 Å². The highest BCUT2D eigenvalue weighted by Gasteiger charge is 2.11. The third-order valence-electron chi connectivity index (χ3n) is 2.94. The van der Waals surface area contributed by atoms with Gasteiger partial charge >= 0.3 is 0 Å². The molecule has 0 bridgehead atoms. The number of rotatable bonds is 3. The summed E-state index contributed by atoms with van der Waals surface area (Å²) in [5.74, 6) is -0.275. The van der Waals surface area contributed by atoms with Crippen LogP contribution in [0.2, 0.25) is 5.02 Å². The average Bonchev–Trinajstić information content (AvgIpc) is 2.42. The highest BCUT2D eigenvalue weighted by molar-refractivity contribution is 6.34. The van der Waals surface area contributed by atoms with Crippen molar-refractivity contribution in [3.63, 3.8) is 0 Å². The largest absolute Gasteiger partial charge is 0.397 e. The lowest BCUT2D eigenvalue weighted by atomic mass is 10.1. The molecule has 2 rings (SSSR count). The van der Waals surface area contributed by atoms with Crippen LogP contribution in [0.15, 0.2) is 42.5 Å². The number of carbonyl (C=O) groups excluding carboxylic acids is 1. The third kappa shape index (κ3) is 3.03. The van der Waals surface area contributed by atoms with Crippen LogP contribution in [0.25, 0.3) is 0 Å². The molecule has 1 amide bonds. The van der Waals surface area contributed by atoms with Crippen LogP contribution in [-0.4, -0.2) is 20.0 Å². The van der Waals surface area contributed by atoms with Gasteiger partial charge in [-0.25, -0.2) is 0 Å². The van der Waals surface area contributed by atoms with Crippen molar-refractivity contribution < 1.29 is 4.79 Å². The molecule has 2 aromatic rings. The predicted molar refractivity (Wildman–Crippen MR) is 84.6 cm³/mol. The number of carbonyl (C=O) groups is 1. The van der Waals surface area contributed by atoms with Crippen molar-refractivity contribution in [1.29, 1.82) is 0 Å². The summed E-state index contributed by atoms with van der Waals surface area (Å²) < 4.78 is 0. The fourth-order valence-electron chi connectivity index (χ4n) is 1.78. The van der Waals surface area contributed by atoms with Gasteiger partial charge in [-0.3, -0.25) is 4.79 Å². The summed E-state index contributed by atoms with van der Waals surface area (Å²) >= 11 is 5.91. The van der Waals surface area contributed by atoms with Crippen LogP contribution in [-0.2, 0) is 0 Å². The smallest absolute Gasteiger partial charge is 0.257 e. The first-order valence-electron chi connectivity index (χ1n) is 6.12. The first-order valence-corrected chi connectivity index (χ1v) is 6.49. The molecule has 0 aliphatic carbocycles. The second-order valence-corrected chi connectivity index (χ2v) is 5.00. The van der Waals surface area contributed by atoms with Gasteiger partial charge in [0, 0.05) is 25.5 Å². The van der Waals surface area contributed by atoms with Gasteiger partial charge in [-0.05, 0) is 36.4 Å². The monoisotopic (exact) mass is 289 g/mol. The number of benzene rings is 2. The second kappa shape index (κ2) is 5.84. The highest BCUT2D eigenvalue weighted by atomic mass is 35.5. The number of nitrogens with one attached hydrogen (secondary N) is 1. The fraction of sp³-hybridized carbons (Fsp3) is 0.133. The van der Waals surface area contributed by atoms with Crippen molar-refractivity contribution in [2.75, 3.05) is 30.0 Å². The maximum atomic E-state index is 12.1. The van der Waals surface area contributed by atoms with Crippen molar-refractivity contribution in [3.8, 4) is 0 Å². The van der Waals surface area contributed by atoms with Crippen LogP contribution in [0.1, 0.15) is 10.4 Å². The van der Waals surface area contributed by atoms with E-state index in [-0.39, 0.29) is 11.6 Å². The average molecular weight is 290 g/mol. The molecule has 0 saturated heterocycles. The topological polar surface area (TPSA) is 58.4 Å². The van der Waals surface area contributed by atoms with E-state index in [2.05, 4.69) is 5.32 Å². The van der Waals surface area contributed by atoms with Crippen molar-refractivity contribution >= 4 is 34.6 Å². The Morgan fingerprint density at radius 2 is 1.80 bits per heavy atom. The predicted octanol–water partition coefficient (Wildman–Crippen LogP) is 3.24. The zero-order valence-electron chi connectivity index (χ0n) is 11.4. The van der Waals surface area contributed by atoms with E-state index in [9.17, 15) is 4.79 Å². The number of anilines is 3. The highest BCUT2D eigenvalue weighted by Crippen LogP contribution is 2.23. The van der Waals surface area contributed by atoms with Crippen LogP contribution >= 0.6 is 11.6 Å². The zero-order chi connectivity index (χ0) is 14.7. The van der Waals surface area contributed by atoms with E-state index in [1.54, 1.807) is 18.2 Å². The molecule has 3 N–H and O–H groups in total. The van der Waals surface area contributed by atoms with Crippen molar-refractivity contribution in [2.45, 2.75) is 0 Å². The summed E-state index contributed by atoms with van der Waals surface area (Å²) in [6.07, 6.45) is 0. The molecule has 0 aliphatic rings. The Labute approximate surface area is 123 Å². The lowest BCUT2D eigenvalue weighted by Crippen LogP contribution is -2.14. The van der Waals surface area contributed by atoms with Crippen molar-refractivity contribution in [1.82, 2.24) is 0 Å². The summed E-state index contributed by atoms with van der Waals surface area (Å²) in [5, 5.41) is 3.17. The molecule has 0 heterocycles. The van der Waals surface area contributed by atoms with Gasteiger partial charge in [-0.15, -0.1) is 0 Å². The number of amides is 1. The molecule has 0 spiro atoms. The molecule has 0 radical (unpaired) electrons. The minimum Gasteiger partial charge on any atom is -0.397 e. The maximum absolute atomic E-state index is 12.1. The number of para-hydroxylation sites is 1. The van der Waals surface area contributed by atoms with E-state index in [0.29, 0.717) is 16.3 Å². The van der Waals surface area contributed by atoms with Crippen LogP contribution in [0.5, 0.6) is 0 Å². The van der Waals surface area contributed by atoms with E-state index >= 15 is 0 Å². The number of nitrogens with two attached hydrogens (primary N) is 1. The molecular formula is C15H16ClN3O. The molecule has 2 aromatic carbocycles. The lowest BCUT2D eigenvalue weighted by Gasteiger charge is -2.13. The van der Waals surface area contributed by atoms with E-state index in [1.165, 1.54) is 0 Å². The molecule has 0 unspecified atom stereocenters. The van der Waals surface area contributed by atoms with Crippen molar-refractivity contribution in [2.24, 2.45) is 0 Å². The third-order valence-corrected chi connectivity index (χ3v) is 3.27. The number of halogens is 1. The molecule has 0 fully saturated rings. The van der Waals surface area contributed by atoms with Gasteiger partial charge in [0.2, 0.25) is 0 Å². The molecule has 0 saturated carbocycles. The molecule has 4 nitrogen and oxygen atoms in total. The normalized spacial score (nSPS) is 10.2. The zero-order valence-corrected chi connectivity index (χ0v) is 12.1. The van der Waals surface area contributed by atoms with Gasteiger partial charge in [0.1, 0.15) is 0 Å². The standard InChI is InChI=1S/C15H16ClN3O/c1-19(2)11-8-6-10(7-9-11)18-15(20)12-4-3-5-13(16)14(12)17/h3-9H,17H2,1-2H3,(H,18,20). The van der Waals surface area contributed by atoms with Crippen LogP contribution in [0.3, 0.4) is 0 Å². The van der Waals surface area contributed by atoms with E-state index in [4.69, 9.17) is 17.3 Å². The number of hydrogen-bond donors (Lipinski definition) is 2. The van der Waals surface area contributed by atoms with Gasteiger partial charge in [-0.1, -0.05) is 17.7 Å². The molecule has 104 valence electrons. The Kier molecular flexibility index (Phi) is 4.15. The Bertz CT molecular complexity index is 624. The second-order valence-electron chi connectivity index (χ2n) is 4.60. The van der Waals surface area contributed by atoms with Gasteiger partial charge < -0.3 is 16.0 Å². The Morgan fingerprint density at radius 3 is 2.40 bits per heavy atom. The Balaban J connectivity index is 2.17. The quantitative estimate of drug-likeness (QED) is 0.853. The molecule has 0 aliphatic heterocycles. The molecular weight excluding hydrogens is 274 g/mol. The molecule has 0 atom stereocenters.